The number of nitrogens with one attached hydrogen (secondary N) is 2. The summed E-state index contributed by atoms with van der Waals surface area (Å²) in [6.07, 6.45) is 1.41. The van der Waals surface area contributed by atoms with E-state index in [4.69, 9.17) is 4.74 Å². The average molecular weight is 414 g/mol. The fraction of sp³-hybridized carbons (Fsp3) is 0.308. The molecule has 3 aromatic rings. The molecular weight excluding hydrogens is 386 g/mol. The number of rotatable bonds is 4. The Balaban J connectivity index is 1.48. The van der Waals surface area contributed by atoms with Gasteiger partial charge in [-0.2, -0.15) is 5.10 Å². The molecule has 5 nitrogen and oxygen atoms in total. The highest BCUT2D eigenvalue weighted by atomic mass is 16.5. The first-order valence-corrected chi connectivity index (χ1v) is 10.8. The molecule has 0 bridgehead atoms. The molecule has 1 aromatic heterocycles. The first-order valence-electron chi connectivity index (χ1n) is 10.8. The number of aromatic amines is 1. The van der Waals surface area contributed by atoms with Crippen LogP contribution in [0.15, 0.2) is 65.9 Å². The van der Waals surface area contributed by atoms with Crippen molar-refractivity contribution < 1.29 is 9.53 Å². The van der Waals surface area contributed by atoms with Crippen molar-refractivity contribution in [2.24, 2.45) is 5.41 Å². The number of ketones is 1. The molecule has 2 N–H and O–H groups in total. The molecule has 31 heavy (non-hydrogen) atoms. The van der Waals surface area contributed by atoms with Gasteiger partial charge < -0.3 is 10.1 Å². The summed E-state index contributed by atoms with van der Waals surface area (Å²) in [6.45, 7) is 6.84. The van der Waals surface area contributed by atoms with Crippen molar-refractivity contribution in [1.82, 2.24) is 10.2 Å². The van der Waals surface area contributed by atoms with Crippen molar-refractivity contribution in [3.63, 3.8) is 0 Å². The quantitative estimate of drug-likeness (QED) is 0.593. The number of nitrogens with zero attached hydrogens (tertiary/aromatic N) is 1. The van der Waals surface area contributed by atoms with Gasteiger partial charge >= 0.3 is 0 Å². The van der Waals surface area contributed by atoms with Crippen LogP contribution in [0.4, 0.5) is 5.82 Å². The number of Topliss-reactive ketones (excluding diaryl/α,β-unsaturated/α-hetero) is 1. The van der Waals surface area contributed by atoms with Gasteiger partial charge in [-0.3, -0.25) is 9.89 Å². The minimum atomic E-state index is -0.114. The molecule has 2 heterocycles. The molecule has 0 saturated heterocycles. The van der Waals surface area contributed by atoms with Gasteiger partial charge in [-0.15, -0.1) is 0 Å². The highest BCUT2D eigenvalue weighted by Gasteiger charge is 2.42. The van der Waals surface area contributed by atoms with Gasteiger partial charge in [-0.05, 0) is 42.0 Å². The van der Waals surface area contributed by atoms with Crippen molar-refractivity contribution in [3.05, 3.63) is 88.3 Å². The molecule has 5 rings (SSSR count). The second kappa shape index (κ2) is 7.41. The number of fused-ring (bicyclic) bond motifs is 1. The van der Waals surface area contributed by atoms with E-state index >= 15 is 0 Å². The summed E-state index contributed by atoms with van der Waals surface area (Å²) >= 11 is 0. The van der Waals surface area contributed by atoms with Crippen LogP contribution in [-0.2, 0) is 11.4 Å². The number of ether oxygens (including phenoxy) is 1. The largest absolute Gasteiger partial charge is 0.489 e. The SMILES string of the molecule is Cc1[nH]nc2c1[C@H](c1ccc(OCc3ccccc3)cc1)C1=C(CC(C)(C)CC1=O)N2. The Kier molecular flexibility index (Phi) is 4.69. The zero-order valence-electron chi connectivity index (χ0n) is 18.2. The van der Waals surface area contributed by atoms with Crippen molar-refractivity contribution >= 4 is 11.6 Å². The van der Waals surface area contributed by atoms with E-state index < -0.39 is 0 Å². The molecule has 0 radical (unpaired) electrons. The molecule has 0 saturated carbocycles. The number of anilines is 1. The molecule has 5 heteroatoms. The first-order chi connectivity index (χ1) is 14.9. The zero-order chi connectivity index (χ0) is 21.6. The summed E-state index contributed by atoms with van der Waals surface area (Å²) in [5.41, 5.74) is 6.11. The van der Waals surface area contributed by atoms with Gasteiger partial charge in [-0.1, -0.05) is 56.3 Å². The molecule has 0 fully saturated rings. The summed E-state index contributed by atoms with van der Waals surface area (Å²) in [7, 11) is 0. The lowest BCUT2D eigenvalue weighted by Gasteiger charge is -2.38. The van der Waals surface area contributed by atoms with Crippen LogP contribution < -0.4 is 10.1 Å². The monoisotopic (exact) mass is 413 g/mol. The smallest absolute Gasteiger partial charge is 0.162 e. The van der Waals surface area contributed by atoms with Gasteiger partial charge in [0, 0.05) is 34.9 Å². The van der Waals surface area contributed by atoms with Gasteiger partial charge in [0.1, 0.15) is 12.4 Å². The summed E-state index contributed by atoms with van der Waals surface area (Å²) < 4.78 is 5.96. The molecule has 2 aliphatic rings. The van der Waals surface area contributed by atoms with E-state index in [1.165, 1.54) is 0 Å². The third kappa shape index (κ3) is 3.65. The number of hydrogen-bond acceptors (Lipinski definition) is 4. The maximum absolute atomic E-state index is 13.2. The average Bonchev–Trinajstić information content (AvgIpc) is 3.11. The van der Waals surface area contributed by atoms with Crippen LogP contribution in [0.25, 0.3) is 0 Å². The fourth-order valence-corrected chi connectivity index (χ4v) is 4.79. The Bertz CT molecular complexity index is 1160. The van der Waals surface area contributed by atoms with Crippen molar-refractivity contribution in [2.75, 3.05) is 5.32 Å². The summed E-state index contributed by atoms with van der Waals surface area (Å²) in [5.74, 6) is 1.75. The summed E-state index contributed by atoms with van der Waals surface area (Å²) in [5, 5.41) is 11.0. The second-order valence-electron chi connectivity index (χ2n) is 9.35. The lowest BCUT2D eigenvalue weighted by Crippen LogP contribution is -2.33. The third-order valence-electron chi connectivity index (χ3n) is 6.22. The van der Waals surface area contributed by atoms with Gasteiger partial charge in [0.15, 0.2) is 11.6 Å². The highest BCUT2D eigenvalue weighted by molar-refractivity contribution is 6.01. The van der Waals surface area contributed by atoms with Crippen LogP contribution >= 0.6 is 0 Å². The van der Waals surface area contributed by atoms with Crippen LogP contribution in [-0.4, -0.2) is 16.0 Å². The van der Waals surface area contributed by atoms with E-state index in [0.717, 1.165) is 51.6 Å². The Labute approximate surface area is 182 Å². The topological polar surface area (TPSA) is 67.0 Å². The zero-order valence-corrected chi connectivity index (χ0v) is 18.2. The predicted molar refractivity (Wildman–Crippen MR) is 121 cm³/mol. The van der Waals surface area contributed by atoms with Crippen molar-refractivity contribution in [3.8, 4) is 5.75 Å². The van der Waals surface area contributed by atoms with Crippen LogP contribution in [0, 0.1) is 12.3 Å². The first kappa shape index (κ1) is 19.6. The summed E-state index contributed by atoms with van der Waals surface area (Å²) in [6, 6.07) is 18.3. The second-order valence-corrected chi connectivity index (χ2v) is 9.35. The predicted octanol–water partition coefficient (Wildman–Crippen LogP) is 5.50. The van der Waals surface area contributed by atoms with E-state index in [-0.39, 0.29) is 17.1 Å². The van der Waals surface area contributed by atoms with E-state index in [0.29, 0.717) is 13.0 Å². The van der Waals surface area contributed by atoms with E-state index in [1.54, 1.807) is 0 Å². The Hall–Kier alpha value is -3.34. The van der Waals surface area contributed by atoms with E-state index in [1.807, 2.05) is 37.3 Å². The van der Waals surface area contributed by atoms with Crippen molar-refractivity contribution in [2.45, 2.75) is 46.1 Å². The van der Waals surface area contributed by atoms with Crippen LogP contribution in [0.1, 0.15) is 55.0 Å². The number of benzene rings is 2. The minimum Gasteiger partial charge on any atom is -0.489 e. The van der Waals surface area contributed by atoms with Gasteiger partial charge in [0.05, 0.1) is 0 Å². The molecule has 158 valence electrons. The fourth-order valence-electron chi connectivity index (χ4n) is 4.79. The van der Waals surface area contributed by atoms with Crippen LogP contribution in [0.5, 0.6) is 5.75 Å². The summed E-state index contributed by atoms with van der Waals surface area (Å²) in [4.78, 5) is 13.2. The number of allylic oxidation sites excluding steroid dienone is 2. The van der Waals surface area contributed by atoms with E-state index in [2.05, 4.69) is 53.6 Å². The number of hydrogen-bond donors (Lipinski definition) is 2. The maximum atomic E-state index is 13.2. The Morgan fingerprint density at radius 3 is 2.55 bits per heavy atom. The molecule has 1 atom stereocenters. The molecular formula is C26H27N3O2. The normalized spacial score (nSPS) is 19.5. The number of carbonyl (C=O) groups excluding carboxylic acids is 1. The molecule has 0 spiro atoms. The lowest BCUT2D eigenvalue weighted by molar-refractivity contribution is -0.118. The standard InChI is InChI=1S/C26H27N3O2/c1-16-22-23(18-9-11-19(12-10-18)31-15-17-7-5-4-6-8-17)24-20(27-25(22)29-28-16)13-26(2,3)14-21(24)30/h4-12,23H,13-15H2,1-3H3,(H2,27,28,29)/t23-/m0/s1. The van der Waals surface area contributed by atoms with Crippen molar-refractivity contribution in [1.29, 1.82) is 0 Å². The van der Waals surface area contributed by atoms with Crippen LogP contribution in [0.2, 0.25) is 0 Å². The molecule has 0 unspecified atom stereocenters. The number of aromatic nitrogens is 2. The number of H-pyrrole nitrogens is 1. The number of carbonyl (C=O) groups is 1. The Morgan fingerprint density at radius 2 is 1.81 bits per heavy atom. The van der Waals surface area contributed by atoms with Gasteiger partial charge in [0.2, 0.25) is 0 Å². The highest BCUT2D eigenvalue weighted by Crippen LogP contribution is 2.49. The third-order valence-corrected chi connectivity index (χ3v) is 6.22. The molecule has 1 aliphatic carbocycles. The Morgan fingerprint density at radius 1 is 1.06 bits per heavy atom. The molecule has 1 aliphatic heterocycles. The lowest BCUT2D eigenvalue weighted by atomic mass is 9.69. The molecule has 0 amide bonds. The maximum Gasteiger partial charge on any atom is 0.162 e. The minimum absolute atomic E-state index is 0.0501. The van der Waals surface area contributed by atoms with E-state index in [9.17, 15) is 4.79 Å². The van der Waals surface area contributed by atoms with Gasteiger partial charge in [0.25, 0.3) is 0 Å². The number of aryl methyl sites for hydroxylation is 1. The van der Waals surface area contributed by atoms with Gasteiger partial charge in [-0.25, -0.2) is 0 Å². The van der Waals surface area contributed by atoms with Crippen LogP contribution in [0.3, 0.4) is 0 Å². The molecule has 2 aromatic carbocycles.